The van der Waals surface area contributed by atoms with Crippen molar-refractivity contribution in [3.8, 4) is 0 Å². The largest absolute Gasteiger partial charge is 0.379 e. The number of hydrogen-bond donors (Lipinski definition) is 1. The van der Waals surface area contributed by atoms with Gasteiger partial charge in [0.1, 0.15) is 0 Å². The van der Waals surface area contributed by atoms with E-state index >= 15 is 0 Å². The van der Waals surface area contributed by atoms with Gasteiger partial charge in [-0.1, -0.05) is 13.8 Å². The van der Waals surface area contributed by atoms with E-state index in [-0.39, 0.29) is 11.8 Å². The Labute approximate surface area is 93.6 Å². The van der Waals surface area contributed by atoms with Crippen LogP contribution in [0.2, 0.25) is 0 Å². The molecule has 0 spiro atoms. The third-order valence-electron chi connectivity index (χ3n) is 2.10. The molecule has 0 aromatic carbocycles. The van der Waals surface area contributed by atoms with Crippen molar-refractivity contribution in [2.75, 3.05) is 13.2 Å². The van der Waals surface area contributed by atoms with Crippen LogP contribution in [-0.4, -0.2) is 25.2 Å². The van der Waals surface area contributed by atoms with E-state index in [1.165, 1.54) is 0 Å². The molecule has 3 heteroatoms. The summed E-state index contributed by atoms with van der Waals surface area (Å²) in [6, 6.07) is 0. The highest BCUT2D eigenvalue weighted by molar-refractivity contribution is 5.77. The van der Waals surface area contributed by atoms with E-state index in [9.17, 15) is 4.79 Å². The maximum Gasteiger partial charge on any atom is 0.222 e. The Kier molecular flexibility index (Phi) is 8.38. The van der Waals surface area contributed by atoms with Crippen molar-refractivity contribution >= 4 is 5.91 Å². The van der Waals surface area contributed by atoms with Gasteiger partial charge in [0.05, 0.1) is 6.10 Å². The standard InChI is InChI=1S/C12H25NO2/c1-10(2)12(14)13-8-6-5-7-9-15-11(3)4/h10-11H,5-9H2,1-4H3,(H,13,14). The SMILES string of the molecule is CC(C)OCCCCCNC(=O)C(C)C. The van der Waals surface area contributed by atoms with E-state index in [0.717, 1.165) is 32.4 Å². The van der Waals surface area contributed by atoms with Crippen molar-refractivity contribution < 1.29 is 9.53 Å². The number of carbonyl (C=O) groups excluding carboxylic acids is 1. The molecule has 0 unspecified atom stereocenters. The van der Waals surface area contributed by atoms with Gasteiger partial charge in [-0.2, -0.15) is 0 Å². The third kappa shape index (κ3) is 9.73. The maximum atomic E-state index is 11.2. The first kappa shape index (κ1) is 14.4. The molecule has 0 heterocycles. The first-order valence-corrected chi connectivity index (χ1v) is 5.93. The fraction of sp³-hybridized carbons (Fsp3) is 0.917. The topological polar surface area (TPSA) is 38.3 Å². The highest BCUT2D eigenvalue weighted by atomic mass is 16.5. The Morgan fingerprint density at radius 2 is 1.80 bits per heavy atom. The van der Waals surface area contributed by atoms with Gasteiger partial charge >= 0.3 is 0 Å². The Bertz CT molecular complexity index is 167. The summed E-state index contributed by atoms with van der Waals surface area (Å²) < 4.78 is 5.42. The van der Waals surface area contributed by atoms with Crippen LogP contribution in [0.25, 0.3) is 0 Å². The van der Waals surface area contributed by atoms with Crippen LogP contribution in [0.1, 0.15) is 47.0 Å². The number of unbranched alkanes of at least 4 members (excludes halogenated alkanes) is 2. The maximum absolute atomic E-state index is 11.2. The van der Waals surface area contributed by atoms with Crippen LogP contribution >= 0.6 is 0 Å². The molecule has 0 saturated heterocycles. The third-order valence-corrected chi connectivity index (χ3v) is 2.10. The predicted octanol–water partition coefficient (Wildman–Crippen LogP) is 2.35. The molecule has 0 fully saturated rings. The number of carbonyl (C=O) groups is 1. The highest BCUT2D eigenvalue weighted by Gasteiger charge is 2.04. The minimum Gasteiger partial charge on any atom is -0.379 e. The molecule has 3 nitrogen and oxygen atoms in total. The number of nitrogens with one attached hydrogen (secondary N) is 1. The summed E-state index contributed by atoms with van der Waals surface area (Å²) in [7, 11) is 0. The number of hydrogen-bond acceptors (Lipinski definition) is 2. The zero-order valence-corrected chi connectivity index (χ0v) is 10.5. The number of amides is 1. The lowest BCUT2D eigenvalue weighted by Gasteiger charge is -2.08. The summed E-state index contributed by atoms with van der Waals surface area (Å²) in [5, 5.41) is 2.90. The Balaban J connectivity index is 3.15. The Hall–Kier alpha value is -0.570. The lowest BCUT2D eigenvalue weighted by Crippen LogP contribution is -2.28. The van der Waals surface area contributed by atoms with Gasteiger partial charge in [0.25, 0.3) is 0 Å². The van der Waals surface area contributed by atoms with E-state index in [1.807, 2.05) is 27.7 Å². The molecule has 0 atom stereocenters. The van der Waals surface area contributed by atoms with Gasteiger partial charge in [-0.25, -0.2) is 0 Å². The molecule has 0 bridgehead atoms. The van der Waals surface area contributed by atoms with Crippen LogP contribution in [0.5, 0.6) is 0 Å². The summed E-state index contributed by atoms with van der Waals surface area (Å²) in [6.45, 7) is 9.53. The Morgan fingerprint density at radius 1 is 1.13 bits per heavy atom. The summed E-state index contributed by atoms with van der Waals surface area (Å²) in [5.74, 6) is 0.239. The van der Waals surface area contributed by atoms with Crippen molar-refractivity contribution in [3.63, 3.8) is 0 Å². The van der Waals surface area contributed by atoms with E-state index in [4.69, 9.17) is 4.74 Å². The van der Waals surface area contributed by atoms with Gasteiger partial charge in [0, 0.05) is 19.1 Å². The van der Waals surface area contributed by atoms with Gasteiger partial charge in [-0.3, -0.25) is 4.79 Å². The second-order valence-corrected chi connectivity index (χ2v) is 4.43. The number of ether oxygens (including phenoxy) is 1. The van der Waals surface area contributed by atoms with E-state index < -0.39 is 0 Å². The van der Waals surface area contributed by atoms with Gasteiger partial charge in [-0.15, -0.1) is 0 Å². The van der Waals surface area contributed by atoms with Gasteiger partial charge in [-0.05, 0) is 33.1 Å². The van der Waals surface area contributed by atoms with E-state index in [0.29, 0.717) is 6.10 Å². The fourth-order valence-electron chi connectivity index (χ4n) is 1.14. The fourth-order valence-corrected chi connectivity index (χ4v) is 1.14. The predicted molar refractivity (Wildman–Crippen MR) is 62.8 cm³/mol. The van der Waals surface area contributed by atoms with Crippen LogP contribution in [0.4, 0.5) is 0 Å². The van der Waals surface area contributed by atoms with Gasteiger partial charge in [0.2, 0.25) is 5.91 Å². The van der Waals surface area contributed by atoms with Crippen molar-refractivity contribution in [3.05, 3.63) is 0 Å². The van der Waals surface area contributed by atoms with Crippen molar-refractivity contribution in [2.24, 2.45) is 5.92 Å². The van der Waals surface area contributed by atoms with E-state index in [1.54, 1.807) is 0 Å². The molecule has 0 aromatic rings. The first-order chi connectivity index (χ1) is 7.04. The second kappa shape index (κ2) is 8.72. The van der Waals surface area contributed by atoms with Crippen molar-refractivity contribution in [1.82, 2.24) is 5.32 Å². The van der Waals surface area contributed by atoms with Crippen LogP contribution < -0.4 is 5.32 Å². The molecule has 0 saturated carbocycles. The summed E-state index contributed by atoms with van der Waals surface area (Å²) in [6.07, 6.45) is 3.56. The molecular weight excluding hydrogens is 190 g/mol. The molecule has 90 valence electrons. The second-order valence-electron chi connectivity index (χ2n) is 4.43. The average molecular weight is 215 g/mol. The van der Waals surface area contributed by atoms with Gasteiger partial charge in [0.15, 0.2) is 0 Å². The molecular formula is C12H25NO2. The minimum absolute atomic E-state index is 0.0919. The molecule has 1 amide bonds. The highest BCUT2D eigenvalue weighted by Crippen LogP contribution is 1.98. The molecule has 0 rings (SSSR count). The average Bonchev–Trinajstić information content (AvgIpc) is 2.15. The minimum atomic E-state index is 0.0919. The molecule has 0 aliphatic rings. The van der Waals surface area contributed by atoms with Gasteiger partial charge < -0.3 is 10.1 Å². The van der Waals surface area contributed by atoms with Crippen LogP contribution in [0, 0.1) is 5.92 Å². The summed E-state index contributed by atoms with van der Waals surface area (Å²) in [5.41, 5.74) is 0. The monoisotopic (exact) mass is 215 g/mol. The molecule has 0 aromatic heterocycles. The van der Waals surface area contributed by atoms with E-state index in [2.05, 4.69) is 5.32 Å². The van der Waals surface area contributed by atoms with Crippen molar-refractivity contribution in [1.29, 1.82) is 0 Å². The quantitative estimate of drug-likeness (QED) is 0.631. The van der Waals surface area contributed by atoms with Crippen LogP contribution in [-0.2, 0) is 9.53 Å². The molecule has 0 aliphatic heterocycles. The smallest absolute Gasteiger partial charge is 0.222 e. The molecule has 0 aliphatic carbocycles. The zero-order chi connectivity index (χ0) is 11.7. The first-order valence-electron chi connectivity index (χ1n) is 5.93. The van der Waals surface area contributed by atoms with Crippen LogP contribution in [0.3, 0.4) is 0 Å². The lowest BCUT2D eigenvalue weighted by molar-refractivity contribution is -0.123. The summed E-state index contributed by atoms with van der Waals surface area (Å²) in [4.78, 5) is 11.2. The summed E-state index contributed by atoms with van der Waals surface area (Å²) >= 11 is 0. The number of rotatable bonds is 8. The molecule has 15 heavy (non-hydrogen) atoms. The molecule has 1 N–H and O–H groups in total. The van der Waals surface area contributed by atoms with Crippen LogP contribution in [0.15, 0.2) is 0 Å². The lowest BCUT2D eigenvalue weighted by atomic mass is 10.2. The Morgan fingerprint density at radius 3 is 2.33 bits per heavy atom. The normalized spacial score (nSPS) is 11.1. The van der Waals surface area contributed by atoms with Crippen molar-refractivity contribution in [2.45, 2.75) is 53.1 Å². The molecule has 0 radical (unpaired) electrons. The zero-order valence-electron chi connectivity index (χ0n) is 10.5.